The Morgan fingerprint density at radius 1 is 1.03 bits per heavy atom. The van der Waals surface area contributed by atoms with Crippen LogP contribution in [0.5, 0.6) is 0 Å². The van der Waals surface area contributed by atoms with E-state index in [-0.39, 0.29) is 12.6 Å². The molecular weight excluding hydrogens is 370 g/mol. The maximum Gasteiger partial charge on any atom is 0.134 e. The Bertz CT molecular complexity index is 1080. The number of anilines is 1. The molecule has 0 aliphatic heterocycles. The van der Waals surface area contributed by atoms with Crippen LogP contribution in [-0.4, -0.2) is 17.8 Å². The standard InChI is InChI=1S/C27H27NO2/c1-4-10-22(12-9-18-29)28-26-17-14-21-11-7-8-13-24(21)25(26)16-15-23-19-20(5-2)27(6-3)30-23/h4-9,11-17,19,22,28-29H,1-3,10,18H2/b12-9+,16-15+. The molecule has 152 valence electrons. The Morgan fingerprint density at radius 3 is 2.57 bits per heavy atom. The van der Waals surface area contributed by atoms with Gasteiger partial charge in [-0.2, -0.15) is 0 Å². The summed E-state index contributed by atoms with van der Waals surface area (Å²) in [7, 11) is 0. The number of benzene rings is 2. The molecule has 0 saturated heterocycles. The first-order valence-corrected chi connectivity index (χ1v) is 9.93. The number of hydrogen-bond acceptors (Lipinski definition) is 3. The Kier molecular flexibility index (Phi) is 7.25. The van der Waals surface area contributed by atoms with Crippen LogP contribution in [0.1, 0.15) is 29.1 Å². The maximum absolute atomic E-state index is 9.14. The number of furan rings is 1. The van der Waals surface area contributed by atoms with Crippen molar-refractivity contribution in [2.45, 2.75) is 12.5 Å². The predicted molar refractivity (Wildman–Crippen MR) is 130 cm³/mol. The van der Waals surface area contributed by atoms with E-state index in [1.54, 1.807) is 18.2 Å². The lowest BCUT2D eigenvalue weighted by atomic mass is 10.0. The van der Waals surface area contributed by atoms with E-state index in [0.717, 1.165) is 39.8 Å². The lowest BCUT2D eigenvalue weighted by Crippen LogP contribution is -2.16. The van der Waals surface area contributed by atoms with E-state index < -0.39 is 0 Å². The van der Waals surface area contributed by atoms with Gasteiger partial charge in [0.1, 0.15) is 11.5 Å². The Labute approximate surface area is 178 Å². The van der Waals surface area contributed by atoms with Gasteiger partial charge in [-0.05, 0) is 47.6 Å². The monoisotopic (exact) mass is 397 g/mol. The van der Waals surface area contributed by atoms with Crippen LogP contribution in [0, 0.1) is 0 Å². The summed E-state index contributed by atoms with van der Waals surface area (Å²) in [6.45, 7) is 11.5. The molecule has 3 rings (SSSR count). The van der Waals surface area contributed by atoms with Gasteiger partial charge in [0, 0.05) is 22.9 Å². The van der Waals surface area contributed by atoms with Crippen molar-refractivity contribution in [1.82, 2.24) is 0 Å². The quantitative estimate of drug-likeness (QED) is 0.370. The Balaban J connectivity index is 2.04. The molecule has 3 nitrogen and oxygen atoms in total. The third-order valence-corrected chi connectivity index (χ3v) is 4.84. The molecule has 3 aromatic rings. The van der Waals surface area contributed by atoms with E-state index in [1.165, 1.54) is 0 Å². The molecule has 0 amide bonds. The van der Waals surface area contributed by atoms with Crippen molar-refractivity contribution in [3.8, 4) is 0 Å². The molecule has 0 saturated carbocycles. The first kappa shape index (κ1) is 21.2. The number of fused-ring (bicyclic) bond motifs is 1. The summed E-state index contributed by atoms with van der Waals surface area (Å²) in [5, 5.41) is 15.0. The van der Waals surface area contributed by atoms with Crippen LogP contribution in [0.4, 0.5) is 5.69 Å². The summed E-state index contributed by atoms with van der Waals surface area (Å²) in [4.78, 5) is 0. The zero-order valence-corrected chi connectivity index (χ0v) is 17.1. The van der Waals surface area contributed by atoms with Gasteiger partial charge in [-0.3, -0.25) is 0 Å². The third kappa shape index (κ3) is 4.88. The average Bonchev–Trinajstić information content (AvgIpc) is 3.19. The highest BCUT2D eigenvalue weighted by Gasteiger charge is 2.10. The second kappa shape index (κ2) is 10.3. The summed E-state index contributed by atoms with van der Waals surface area (Å²) >= 11 is 0. The molecule has 2 aromatic carbocycles. The summed E-state index contributed by atoms with van der Waals surface area (Å²) in [5.41, 5.74) is 2.98. The molecule has 0 radical (unpaired) electrons. The van der Waals surface area contributed by atoms with E-state index in [2.05, 4.69) is 55.4 Å². The first-order chi connectivity index (χ1) is 14.7. The summed E-state index contributed by atoms with van der Waals surface area (Å²) in [6.07, 6.45) is 13.8. The molecule has 1 aromatic heterocycles. The van der Waals surface area contributed by atoms with E-state index in [4.69, 9.17) is 9.52 Å². The van der Waals surface area contributed by atoms with Gasteiger partial charge in [-0.15, -0.1) is 6.58 Å². The van der Waals surface area contributed by atoms with Gasteiger partial charge in [0.05, 0.1) is 6.61 Å². The molecule has 1 atom stereocenters. The minimum absolute atomic E-state index is 0.00949. The highest BCUT2D eigenvalue weighted by molar-refractivity contribution is 5.98. The van der Waals surface area contributed by atoms with Crippen LogP contribution in [0.3, 0.4) is 0 Å². The van der Waals surface area contributed by atoms with Crippen LogP contribution < -0.4 is 5.32 Å². The molecule has 3 heteroatoms. The molecular formula is C27H27NO2. The van der Waals surface area contributed by atoms with E-state index in [0.29, 0.717) is 5.76 Å². The maximum atomic E-state index is 9.14. The number of hydrogen-bond donors (Lipinski definition) is 2. The van der Waals surface area contributed by atoms with Crippen molar-refractivity contribution >= 4 is 40.8 Å². The van der Waals surface area contributed by atoms with Gasteiger partial charge in [0.2, 0.25) is 0 Å². The highest BCUT2D eigenvalue weighted by Crippen LogP contribution is 2.30. The van der Waals surface area contributed by atoms with Crippen molar-refractivity contribution < 1.29 is 9.52 Å². The van der Waals surface area contributed by atoms with Gasteiger partial charge < -0.3 is 14.8 Å². The highest BCUT2D eigenvalue weighted by atomic mass is 16.3. The molecule has 0 bridgehead atoms. The van der Waals surface area contributed by atoms with Crippen LogP contribution in [-0.2, 0) is 0 Å². The van der Waals surface area contributed by atoms with Gasteiger partial charge >= 0.3 is 0 Å². The van der Waals surface area contributed by atoms with Gasteiger partial charge in [-0.1, -0.05) is 67.8 Å². The minimum Gasteiger partial charge on any atom is -0.457 e. The molecule has 0 fully saturated rings. The molecule has 2 N–H and O–H groups in total. The number of aliphatic hydroxyl groups is 1. The zero-order chi connectivity index (χ0) is 21.3. The average molecular weight is 398 g/mol. The van der Waals surface area contributed by atoms with Gasteiger partial charge in [-0.25, -0.2) is 0 Å². The minimum atomic E-state index is 0.00949. The summed E-state index contributed by atoms with van der Waals surface area (Å²) in [6, 6.07) is 14.4. The van der Waals surface area contributed by atoms with Crippen LogP contribution in [0.15, 0.2) is 84.8 Å². The predicted octanol–water partition coefficient (Wildman–Crippen LogP) is 6.79. The molecule has 0 aliphatic rings. The molecule has 1 heterocycles. The number of nitrogens with one attached hydrogen (secondary N) is 1. The lowest BCUT2D eigenvalue weighted by Gasteiger charge is -2.18. The number of aliphatic hydroxyl groups excluding tert-OH is 1. The number of rotatable bonds is 10. The summed E-state index contributed by atoms with van der Waals surface area (Å²) < 4.78 is 5.85. The first-order valence-electron chi connectivity index (χ1n) is 9.93. The van der Waals surface area contributed by atoms with Crippen LogP contribution in [0.25, 0.3) is 35.1 Å². The van der Waals surface area contributed by atoms with Gasteiger partial charge in [0.25, 0.3) is 0 Å². The summed E-state index contributed by atoms with van der Waals surface area (Å²) in [5.74, 6) is 1.45. The zero-order valence-electron chi connectivity index (χ0n) is 17.1. The van der Waals surface area contributed by atoms with Gasteiger partial charge in [0.15, 0.2) is 0 Å². The van der Waals surface area contributed by atoms with Crippen LogP contribution >= 0.6 is 0 Å². The van der Waals surface area contributed by atoms with E-state index in [9.17, 15) is 0 Å². The second-order valence-corrected chi connectivity index (χ2v) is 6.84. The molecule has 0 spiro atoms. The topological polar surface area (TPSA) is 45.4 Å². The lowest BCUT2D eigenvalue weighted by molar-refractivity contribution is 0.342. The smallest absolute Gasteiger partial charge is 0.134 e. The van der Waals surface area contributed by atoms with E-state index in [1.807, 2.05) is 36.4 Å². The fraction of sp³-hybridized carbons (Fsp3) is 0.111. The SMILES string of the molecule is C=CCC(/C=C/CO)Nc1ccc2ccccc2c1/C=C/c1cc(C=C)c(C=C)o1. The largest absolute Gasteiger partial charge is 0.457 e. The Morgan fingerprint density at radius 2 is 1.87 bits per heavy atom. The third-order valence-electron chi connectivity index (χ3n) is 4.84. The van der Waals surface area contributed by atoms with Crippen molar-refractivity contribution in [2.75, 3.05) is 11.9 Å². The fourth-order valence-electron chi connectivity index (χ4n) is 3.40. The molecule has 30 heavy (non-hydrogen) atoms. The van der Waals surface area contributed by atoms with Crippen molar-refractivity contribution in [3.63, 3.8) is 0 Å². The Hall–Kier alpha value is -3.56. The molecule has 1 unspecified atom stereocenters. The van der Waals surface area contributed by atoms with Crippen LogP contribution in [0.2, 0.25) is 0 Å². The van der Waals surface area contributed by atoms with Crippen molar-refractivity contribution in [3.05, 3.63) is 103 Å². The van der Waals surface area contributed by atoms with Crippen molar-refractivity contribution in [2.24, 2.45) is 0 Å². The fourth-order valence-corrected chi connectivity index (χ4v) is 3.40. The van der Waals surface area contributed by atoms with E-state index >= 15 is 0 Å². The second-order valence-electron chi connectivity index (χ2n) is 6.84. The normalized spacial score (nSPS) is 12.4. The van der Waals surface area contributed by atoms with Crippen molar-refractivity contribution in [1.29, 1.82) is 0 Å². The molecule has 0 aliphatic carbocycles.